The lowest BCUT2D eigenvalue weighted by atomic mass is 9.87. The Kier molecular flexibility index (Phi) is 3.47. The molecule has 2 heteroatoms. The van der Waals surface area contributed by atoms with E-state index < -0.39 is 0 Å². The van der Waals surface area contributed by atoms with Crippen LogP contribution in [-0.4, -0.2) is 24.1 Å². The highest BCUT2D eigenvalue weighted by Crippen LogP contribution is 2.42. The largest absolute Gasteiger partial charge is 0.313 e. The van der Waals surface area contributed by atoms with Crippen molar-refractivity contribution in [2.24, 2.45) is 5.41 Å². The van der Waals surface area contributed by atoms with Gasteiger partial charge in [0.2, 0.25) is 0 Å². The lowest BCUT2D eigenvalue weighted by Crippen LogP contribution is -2.43. The van der Waals surface area contributed by atoms with E-state index >= 15 is 0 Å². The van der Waals surface area contributed by atoms with Crippen molar-refractivity contribution in [3.05, 3.63) is 0 Å². The fourth-order valence-electron chi connectivity index (χ4n) is 2.22. The third-order valence-corrected chi connectivity index (χ3v) is 4.13. The van der Waals surface area contributed by atoms with E-state index in [1.807, 2.05) is 11.8 Å². The van der Waals surface area contributed by atoms with E-state index in [1.165, 1.54) is 12.8 Å². The first-order valence-electron chi connectivity index (χ1n) is 4.88. The van der Waals surface area contributed by atoms with Crippen LogP contribution in [0.4, 0.5) is 0 Å². The monoisotopic (exact) mass is 187 g/mol. The van der Waals surface area contributed by atoms with Gasteiger partial charge in [0.15, 0.2) is 0 Å². The summed E-state index contributed by atoms with van der Waals surface area (Å²) in [5, 5.41) is 4.45. The van der Waals surface area contributed by atoms with E-state index in [4.69, 9.17) is 0 Å². The molecule has 1 aliphatic carbocycles. The van der Waals surface area contributed by atoms with E-state index in [0.29, 0.717) is 5.41 Å². The third-order valence-electron chi connectivity index (χ3n) is 3.01. The van der Waals surface area contributed by atoms with Crippen LogP contribution in [0.3, 0.4) is 0 Å². The topological polar surface area (TPSA) is 12.0 Å². The Labute approximate surface area is 80.7 Å². The molecule has 72 valence electrons. The van der Waals surface area contributed by atoms with Crippen molar-refractivity contribution in [2.45, 2.75) is 44.9 Å². The van der Waals surface area contributed by atoms with Gasteiger partial charge in [-0.15, -0.1) is 0 Å². The molecule has 2 atom stereocenters. The second kappa shape index (κ2) is 4.01. The number of nitrogens with one attached hydrogen (secondary N) is 1. The van der Waals surface area contributed by atoms with Crippen molar-refractivity contribution in [3.63, 3.8) is 0 Å². The van der Waals surface area contributed by atoms with Gasteiger partial charge in [-0.25, -0.2) is 0 Å². The summed E-state index contributed by atoms with van der Waals surface area (Å²) in [5.74, 6) is 0. The highest BCUT2D eigenvalue weighted by Gasteiger charge is 2.40. The zero-order chi connectivity index (χ0) is 9.19. The standard InChI is InChI=1S/C10H21NS/c1-5-11-9-8(12-4)6-7-10(9,2)3/h8-9,11H,5-7H2,1-4H3. The van der Waals surface area contributed by atoms with E-state index in [1.54, 1.807) is 0 Å². The van der Waals surface area contributed by atoms with Gasteiger partial charge in [-0.1, -0.05) is 20.8 Å². The predicted octanol–water partition coefficient (Wildman–Crippen LogP) is 2.52. The molecule has 0 aromatic rings. The Hall–Kier alpha value is 0.310. The maximum Gasteiger partial charge on any atom is 0.0237 e. The van der Waals surface area contributed by atoms with Gasteiger partial charge in [0.05, 0.1) is 0 Å². The lowest BCUT2D eigenvalue weighted by molar-refractivity contribution is 0.290. The average Bonchev–Trinajstić information content (AvgIpc) is 2.29. The summed E-state index contributed by atoms with van der Waals surface area (Å²) >= 11 is 2.02. The maximum atomic E-state index is 3.61. The predicted molar refractivity (Wildman–Crippen MR) is 57.8 cm³/mol. The van der Waals surface area contributed by atoms with Gasteiger partial charge in [-0.3, -0.25) is 0 Å². The van der Waals surface area contributed by atoms with E-state index in [2.05, 4.69) is 32.3 Å². The van der Waals surface area contributed by atoms with Gasteiger partial charge in [0, 0.05) is 11.3 Å². The van der Waals surface area contributed by atoms with Gasteiger partial charge in [-0.05, 0) is 31.1 Å². The molecule has 0 aromatic heterocycles. The first-order valence-corrected chi connectivity index (χ1v) is 6.16. The Morgan fingerprint density at radius 1 is 1.50 bits per heavy atom. The molecule has 0 radical (unpaired) electrons. The van der Waals surface area contributed by atoms with E-state index in [0.717, 1.165) is 17.8 Å². The summed E-state index contributed by atoms with van der Waals surface area (Å²) in [5.41, 5.74) is 0.504. The summed E-state index contributed by atoms with van der Waals surface area (Å²) in [6.45, 7) is 8.07. The van der Waals surface area contributed by atoms with Crippen LogP contribution < -0.4 is 5.32 Å². The molecule has 1 aliphatic rings. The number of thioether (sulfide) groups is 1. The van der Waals surface area contributed by atoms with Crippen LogP contribution in [0.2, 0.25) is 0 Å². The van der Waals surface area contributed by atoms with Crippen LogP contribution in [0, 0.1) is 5.41 Å². The van der Waals surface area contributed by atoms with Crippen molar-refractivity contribution in [3.8, 4) is 0 Å². The number of hydrogen-bond donors (Lipinski definition) is 1. The smallest absolute Gasteiger partial charge is 0.0237 e. The molecule has 1 rings (SSSR count). The fraction of sp³-hybridized carbons (Fsp3) is 1.00. The summed E-state index contributed by atoms with van der Waals surface area (Å²) in [6.07, 6.45) is 4.98. The minimum absolute atomic E-state index is 0.504. The van der Waals surface area contributed by atoms with Gasteiger partial charge < -0.3 is 5.32 Å². The van der Waals surface area contributed by atoms with Crippen LogP contribution in [-0.2, 0) is 0 Å². The van der Waals surface area contributed by atoms with Crippen molar-refractivity contribution in [1.29, 1.82) is 0 Å². The quantitative estimate of drug-likeness (QED) is 0.728. The van der Waals surface area contributed by atoms with Crippen LogP contribution in [0.5, 0.6) is 0 Å². The average molecular weight is 187 g/mol. The summed E-state index contributed by atoms with van der Waals surface area (Å²) in [6, 6.07) is 0.720. The Morgan fingerprint density at radius 3 is 2.67 bits per heavy atom. The number of hydrogen-bond acceptors (Lipinski definition) is 2. The maximum absolute atomic E-state index is 3.61. The van der Waals surface area contributed by atoms with Crippen molar-refractivity contribution < 1.29 is 0 Å². The molecule has 0 spiro atoms. The molecule has 0 amide bonds. The molecule has 0 bridgehead atoms. The number of rotatable bonds is 3. The minimum Gasteiger partial charge on any atom is -0.313 e. The SMILES string of the molecule is CCNC1C(SC)CCC1(C)C. The highest BCUT2D eigenvalue weighted by molar-refractivity contribution is 7.99. The Bertz CT molecular complexity index is 145. The minimum atomic E-state index is 0.504. The zero-order valence-electron chi connectivity index (χ0n) is 8.68. The van der Waals surface area contributed by atoms with Crippen molar-refractivity contribution in [2.75, 3.05) is 12.8 Å². The van der Waals surface area contributed by atoms with Gasteiger partial charge >= 0.3 is 0 Å². The van der Waals surface area contributed by atoms with Gasteiger partial charge in [0.25, 0.3) is 0 Å². The summed E-state index contributed by atoms with van der Waals surface area (Å²) in [4.78, 5) is 0. The second-order valence-electron chi connectivity index (χ2n) is 4.34. The van der Waals surface area contributed by atoms with Crippen LogP contribution in [0.15, 0.2) is 0 Å². The molecule has 1 fully saturated rings. The first kappa shape index (κ1) is 10.4. The van der Waals surface area contributed by atoms with Crippen LogP contribution >= 0.6 is 11.8 Å². The molecular weight excluding hydrogens is 166 g/mol. The molecule has 0 aromatic carbocycles. The van der Waals surface area contributed by atoms with E-state index in [-0.39, 0.29) is 0 Å². The van der Waals surface area contributed by atoms with Crippen LogP contribution in [0.25, 0.3) is 0 Å². The normalized spacial score (nSPS) is 34.0. The molecule has 1 N–H and O–H groups in total. The van der Waals surface area contributed by atoms with Crippen molar-refractivity contribution >= 4 is 11.8 Å². The molecule has 12 heavy (non-hydrogen) atoms. The lowest BCUT2D eigenvalue weighted by Gasteiger charge is -2.30. The summed E-state index contributed by atoms with van der Waals surface area (Å²) in [7, 11) is 0. The molecular formula is C10H21NS. The molecule has 0 aliphatic heterocycles. The fourth-order valence-corrected chi connectivity index (χ4v) is 3.31. The van der Waals surface area contributed by atoms with Crippen molar-refractivity contribution in [1.82, 2.24) is 5.32 Å². The molecule has 2 unspecified atom stereocenters. The van der Waals surface area contributed by atoms with E-state index in [9.17, 15) is 0 Å². The molecule has 0 heterocycles. The summed E-state index contributed by atoms with van der Waals surface area (Å²) < 4.78 is 0. The van der Waals surface area contributed by atoms with Gasteiger partial charge in [0.1, 0.15) is 0 Å². The molecule has 0 saturated heterocycles. The molecule has 1 saturated carbocycles. The Balaban J connectivity index is 2.59. The highest BCUT2D eigenvalue weighted by atomic mass is 32.2. The third kappa shape index (κ3) is 1.97. The molecule has 1 nitrogen and oxygen atoms in total. The van der Waals surface area contributed by atoms with Crippen LogP contribution in [0.1, 0.15) is 33.6 Å². The Morgan fingerprint density at radius 2 is 2.17 bits per heavy atom. The second-order valence-corrected chi connectivity index (χ2v) is 5.41. The first-order chi connectivity index (χ1) is 5.61. The zero-order valence-corrected chi connectivity index (χ0v) is 9.50. The van der Waals surface area contributed by atoms with Gasteiger partial charge in [-0.2, -0.15) is 11.8 Å².